The predicted octanol–water partition coefficient (Wildman–Crippen LogP) is 2.01. The molecule has 1 heterocycles. The van der Waals surface area contributed by atoms with E-state index in [1.807, 2.05) is 11.6 Å². The fourth-order valence-electron chi connectivity index (χ4n) is 1.78. The van der Waals surface area contributed by atoms with Crippen molar-refractivity contribution in [1.82, 2.24) is 15.1 Å². The molecule has 0 aliphatic heterocycles. The zero-order valence-electron chi connectivity index (χ0n) is 10.8. The van der Waals surface area contributed by atoms with Crippen molar-refractivity contribution in [1.29, 1.82) is 0 Å². The molecule has 1 unspecified atom stereocenters. The van der Waals surface area contributed by atoms with Gasteiger partial charge in [0.05, 0.1) is 16.8 Å². The predicted molar refractivity (Wildman–Crippen MR) is 73.2 cm³/mol. The van der Waals surface area contributed by atoms with Crippen molar-refractivity contribution in [3.05, 3.63) is 15.9 Å². The summed E-state index contributed by atoms with van der Waals surface area (Å²) in [6.07, 6.45) is 1.98. The van der Waals surface area contributed by atoms with Crippen LogP contribution in [0, 0.1) is 13.8 Å². The molecule has 0 spiro atoms. The first-order chi connectivity index (χ1) is 8.10. The molecule has 4 nitrogen and oxygen atoms in total. The summed E-state index contributed by atoms with van der Waals surface area (Å²) < 4.78 is 3.08. The van der Waals surface area contributed by atoms with Crippen molar-refractivity contribution in [2.45, 2.75) is 46.2 Å². The lowest BCUT2D eigenvalue weighted by Gasteiger charge is -2.16. The minimum absolute atomic E-state index is 0.164. The van der Waals surface area contributed by atoms with E-state index >= 15 is 0 Å². The Kier molecular flexibility index (Phi) is 6.16. The number of halogens is 1. The third kappa shape index (κ3) is 4.08. The number of aliphatic hydroxyl groups is 1. The van der Waals surface area contributed by atoms with E-state index in [0.717, 1.165) is 41.8 Å². The Morgan fingerprint density at radius 3 is 2.65 bits per heavy atom. The molecule has 5 heteroatoms. The van der Waals surface area contributed by atoms with Crippen LogP contribution in [-0.4, -0.2) is 34.1 Å². The second kappa shape index (κ2) is 7.13. The molecule has 0 saturated heterocycles. The van der Waals surface area contributed by atoms with Gasteiger partial charge in [0, 0.05) is 18.3 Å². The van der Waals surface area contributed by atoms with E-state index in [1.165, 1.54) is 0 Å². The molecule has 1 atom stereocenters. The zero-order chi connectivity index (χ0) is 12.8. The first-order valence-corrected chi connectivity index (χ1v) is 6.93. The normalized spacial score (nSPS) is 13.0. The summed E-state index contributed by atoms with van der Waals surface area (Å²) in [5.41, 5.74) is 2.17. The third-order valence-corrected chi connectivity index (χ3v) is 4.03. The molecule has 0 aliphatic carbocycles. The molecule has 0 aromatic carbocycles. The zero-order valence-corrected chi connectivity index (χ0v) is 12.4. The van der Waals surface area contributed by atoms with Crippen molar-refractivity contribution in [2.24, 2.45) is 0 Å². The smallest absolute Gasteiger partial charge is 0.0738 e. The number of hydrogen-bond donors (Lipinski definition) is 2. The van der Waals surface area contributed by atoms with E-state index in [2.05, 4.69) is 40.2 Å². The number of aliphatic hydroxyl groups excluding tert-OH is 1. The molecule has 0 fully saturated rings. The number of nitrogens with one attached hydrogen (secondary N) is 1. The Labute approximate surface area is 112 Å². The van der Waals surface area contributed by atoms with Gasteiger partial charge in [0.2, 0.25) is 0 Å². The molecule has 0 aliphatic rings. The van der Waals surface area contributed by atoms with Gasteiger partial charge in [-0.05, 0) is 49.2 Å². The van der Waals surface area contributed by atoms with Gasteiger partial charge in [-0.2, -0.15) is 5.10 Å². The molecule has 1 rings (SSSR count). The van der Waals surface area contributed by atoms with Gasteiger partial charge in [0.25, 0.3) is 0 Å². The second-order valence-corrected chi connectivity index (χ2v) is 5.12. The molecular formula is C12H22BrN3O. The van der Waals surface area contributed by atoms with Gasteiger partial charge in [0.1, 0.15) is 0 Å². The van der Waals surface area contributed by atoms with E-state index in [0.29, 0.717) is 0 Å². The first-order valence-electron chi connectivity index (χ1n) is 6.13. The number of hydrogen-bond acceptors (Lipinski definition) is 3. The first kappa shape index (κ1) is 14.7. The van der Waals surface area contributed by atoms with Crippen LogP contribution in [0.1, 0.15) is 31.2 Å². The Morgan fingerprint density at radius 2 is 2.18 bits per heavy atom. The largest absolute Gasteiger partial charge is 0.395 e. The Morgan fingerprint density at radius 1 is 1.47 bits per heavy atom. The summed E-state index contributed by atoms with van der Waals surface area (Å²) >= 11 is 3.52. The molecule has 98 valence electrons. The lowest BCUT2D eigenvalue weighted by atomic mass is 10.2. The van der Waals surface area contributed by atoms with Crippen LogP contribution in [0.4, 0.5) is 0 Å². The average Bonchev–Trinajstić information content (AvgIpc) is 2.57. The third-order valence-electron chi connectivity index (χ3n) is 2.89. The van der Waals surface area contributed by atoms with Gasteiger partial charge in [0.15, 0.2) is 0 Å². The summed E-state index contributed by atoms with van der Waals surface area (Å²) in [4.78, 5) is 0. The maximum atomic E-state index is 9.26. The van der Waals surface area contributed by atoms with E-state index in [9.17, 15) is 5.11 Å². The SMILES string of the molecule is CCCNC(CO)CCn1nc(C)c(Br)c1C. The summed E-state index contributed by atoms with van der Waals surface area (Å²) in [5, 5.41) is 17.0. The Balaban J connectivity index is 2.50. The fourth-order valence-corrected chi connectivity index (χ4v) is 2.06. The van der Waals surface area contributed by atoms with Crippen molar-refractivity contribution in [3.8, 4) is 0 Å². The van der Waals surface area contributed by atoms with Gasteiger partial charge in [-0.1, -0.05) is 6.92 Å². The maximum Gasteiger partial charge on any atom is 0.0738 e. The van der Waals surface area contributed by atoms with Crippen LogP contribution >= 0.6 is 15.9 Å². The average molecular weight is 304 g/mol. The Hall–Kier alpha value is -0.390. The molecule has 1 aromatic rings. The van der Waals surface area contributed by atoms with Crippen LogP contribution in [-0.2, 0) is 6.54 Å². The molecule has 0 amide bonds. The van der Waals surface area contributed by atoms with Crippen molar-refractivity contribution >= 4 is 15.9 Å². The molecule has 0 bridgehead atoms. The van der Waals surface area contributed by atoms with Gasteiger partial charge >= 0.3 is 0 Å². The van der Waals surface area contributed by atoms with Crippen LogP contribution in [0.2, 0.25) is 0 Å². The molecule has 1 aromatic heterocycles. The van der Waals surface area contributed by atoms with Crippen molar-refractivity contribution < 1.29 is 5.11 Å². The van der Waals surface area contributed by atoms with Gasteiger partial charge in [-0.25, -0.2) is 0 Å². The van der Waals surface area contributed by atoms with Gasteiger partial charge < -0.3 is 10.4 Å². The van der Waals surface area contributed by atoms with Crippen LogP contribution < -0.4 is 5.32 Å². The minimum Gasteiger partial charge on any atom is -0.395 e. The number of aryl methyl sites for hydroxylation is 2. The van der Waals surface area contributed by atoms with Crippen LogP contribution in [0.15, 0.2) is 4.47 Å². The summed E-state index contributed by atoms with van der Waals surface area (Å²) in [6.45, 7) is 8.14. The molecule has 0 radical (unpaired) electrons. The van der Waals surface area contributed by atoms with E-state index in [4.69, 9.17) is 0 Å². The minimum atomic E-state index is 0.164. The van der Waals surface area contributed by atoms with Crippen molar-refractivity contribution in [3.63, 3.8) is 0 Å². The quantitative estimate of drug-likeness (QED) is 0.810. The highest BCUT2D eigenvalue weighted by atomic mass is 79.9. The fraction of sp³-hybridized carbons (Fsp3) is 0.750. The molecular weight excluding hydrogens is 282 g/mol. The molecule has 17 heavy (non-hydrogen) atoms. The Bertz CT molecular complexity index is 352. The summed E-state index contributed by atoms with van der Waals surface area (Å²) in [6, 6.07) is 0.164. The van der Waals surface area contributed by atoms with Crippen LogP contribution in [0.3, 0.4) is 0 Å². The standard InChI is InChI=1S/C12H22BrN3O/c1-4-6-14-11(8-17)5-7-16-10(3)12(13)9(2)15-16/h11,14,17H,4-8H2,1-3H3. The van der Waals surface area contributed by atoms with E-state index in [1.54, 1.807) is 0 Å². The summed E-state index contributed by atoms with van der Waals surface area (Å²) in [5.74, 6) is 0. The van der Waals surface area contributed by atoms with Crippen LogP contribution in [0.5, 0.6) is 0 Å². The lowest BCUT2D eigenvalue weighted by Crippen LogP contribution is -2.34. The summed E-state index contributed by atoms with van der Waals surface area (Å²) in [7, 11) is 0. The monoisotopic (exact) mass is 303 g/mol. The number of rotatable bonds is 7. The van der Waals surface area contributed by atoms with Crippen LogP contribution in [0.25, 0.3) is 0 Å². The molecule has 2 N–H and O–H groups in total. The van der Waals surface area contributed by atoms with Gasteiger partial charge in [-0.15, -0.1) is 0 Å². The van der Waals surface area contributed by atoms with Crippen molar-refractivity contribution in [2.75, 3.05) is 13.2 Å². The number of aromatic nitrogens is 2. The highest BCUT2D eigenvalue weighted by molar-refractivity contribution is 9.10. The van der Waals surface area contributed by atoms with E-state index < -0.39 is 0 Å². The number of nitrogens with zero attached hydrogens (tertiary/aromatic N) is 2. The maximum absolute atomic E-state index is 9.26. The highest BCUT2D eigenvalue weighted by Crippen LogP contribution is 2.19. The molecule has 0 saturated carbocycles. The van der Waals surface area contributed by atoms with Gasteiger partial charge in [-0.3, -0.25) is 4.68 Å². The second-order valence-electron chi connectivity index (χ2n) is 4.33. The topological polar surface area (TPSA) is 50.1 Å². The highest BCUT2D eigenvalue weighted by Gasteiger charge is 2.11. The van der Waals surface area contributed by atoms with E-state index in [-0.39, 0.29) is 12.6 Å². The lowest BCUT2D eigenvalue weighted by molar-refractivity contribution is 0.230.